The van der Waals surface area contributed by atoms with Crippen molar-refractivity contribution in [2.45, 2.75) is 24.0 Å². The number of anilines is 1. The average Bonchev–Trinajstić information content (AvgIpc) is 2.85. The number of nitrogens with zero attached hydrogens (tertiary/aromatic N) is 4. The Morgan fingerprint density at radius 2 is 1.90 bits per heavy atom. The van der Waals surface area contributed by atoms with Gasteiger partial charge >= 0.3 is 0 Å². The molecule has 0 bridgehead atoms. The molecule has 0 aliphatic heterocycles. The molecule has 3 aromatic rings. The van der Waals surface area contributed by atoms with Crippen LogP contribution < -0.4 is 11.3 Å². The van der Waals surface area contributed by atoms with E-state index >= 15 is 0 Å². The summed E-state index contributed by atoms with van der Waals surface area (Å²) in [6, 6.07) is 3.93. The van der Waals surface area contributed by atoms with Crippen molar-refractivity contribution in [3.05, 3.63) is 28.9 Å². The number of aromatic nitrogens is 4. The van der Waals surface area contributed by atoms with Gasteiger partial charge in [0, 0.05) is 16.8 Å². The molecule has 0 radical (unpaired) electrons. The monoisotopic (exact) mass is 304 g/mol. The molecule has 0 unspecified atom stereocenters. The highest BCUT2D eigenvalue weighted by atomic mass is 32.2. The molecule has 0 fully saturated rings. The minimum absolute atomic E-state index is 0.395. The third kappa shape index (κ3) is 2.58. The maximum Gasteiger partial charge on any atom is 0.239 e. The number of thiophene rings is 1. The van der Waals surface area contributed by atoms with Crippen molar-refractivity contribution in [2.75, 3.05) is 5.43 Å². The molecule has 3 rings (SSSR count). The SMILES string of the molecule is Cc1cc(C)nc(Sc2nc(NN)nc3sccc23)n1. The van der Waals surface area contributed by atoms with Gasteiger partial charge in [-0.05, 0) is 43.1 Å². The van der Waals surface area contributed by atoms with Gasteiger partial charge in [-0.3, -0.25) is 5.43 Å². The van der Waals surface area contributed by atoms with E-state index in [0.29, 0.717) is 11.1 Å². The number of aryl methyl sites for hydroxylation is 2. The Balaban J connectivity index is 2.07. The van der Waals surface area contributed by atoms with Crippen LogP contribution in [-0.4, -0.2) is 19.9 Å². The molecule has 0 saturated heterocycles. The van der Waals surface area contributed by atoms with Crippen molar-refractivity contribution in [3.63, 3.8) is 0 Å². The molecule has 20 heavy (non-hydrogen) atoms. The molecule has 8 heteroatoms. The van der Waals surface area contributed by atoms with Crippen molar-refractivity contribution < 1.29 is 0 Å². The Morgan fingerprint density at radius 3 is 2.60 bits per heavy atom. The molecule has 3 heterocycles. The van der Waals surface area contributed by atoms with Gasteiger partial charge in [0.2, 0.25) is 5.95 Å². The van der Waals surface area contributed by atoms with E-state index in [1.165, 1.54) is 11.8 Å². The van der Waals surface area contributed by atoms with Gasteiger partial charge in [-0.1, -0.05) is 0 Å². The number of nitrogens with one attached hydrogen (secondary N) is 1. The fraction of sp³-hybridized carbons (Fsp3) is 0.167. The zero-order chi connectivity index (χ0) is 14.1. The lowest BCUT2D eigenvalue weighted by molar-refractivity contribution is 0.899. The second-order valence-corrected chi connectivity index (χ2v) is 6.02. The molecular weight excluding hydrogens is 292 g/mol. The lowest BCUT2D eigenvalue weighted by Gasteiger charge is -2.05. The molecule has 0 saturated carbocycles. The van der Waals surface area contributed by atoms with Crippen molar-refractivity contribution in [2.24, 2.45) is 5.84 Å². The summed E-state index contributed by atoms with van der Waals surface area (Å²) < 4.78 is 0. The first kappa shape index (κ1) is 13.2. The smallest absolute Gasteiger partial charge is 0.239 e. The molecule has 3 N–H and O–H groups in total. The van der Waals surface area contributed by atoms with Gasteiger partial charge in [-0.2, -0.15) is 0 Å². The van der Waals surface area contributed by atoms with E-state index in [1.807, 2.05) is 31.4 Å². The minimum Gasteiger partial charge on any atom is -0.292 e. The summed E-state index contributed by atoms with van der Waals surface area (Å²) in [5.74, 6) is 5.80. The predicted octanol–water partition coefficient (Wildman–Crippen LogP) is 2.53. The zero-order valence-corrected chi connectivity index (χ0v) is 12.5. The molecule has 0 atom stereocenters. The lowest BCUT2D eigenvalue weighted by Crippen LogP contribution is -2.10. The highest BCUT2D eigenvalue weighted by molar-refractivity contribution is 7.99. The molecule has 0 aromatic carbocycles. The van der Waals surface area contributed by atoms with Crippen LogP contribution >= 0.6 is 23.1 Å². The summed E-state index contributed by atoms with van der Waals surface area (Å²) in [4.78, 5) is 18.4. The third-order valence-electron chi connectivity index (χ3n) is 2.57. The Bertz CT molecular complexity index is 749. The van der Waals surface area contributed by atoms with Crippen molar-refractivity contribution >= 4 is 39.3 Å². The summed E-state index contributed by atoms with van der Waals surface area (Å²) in [7, 11) is 0. The number of nitrogen functional groups attached to an aromatic ring is 1. The number of fused-ring (bicyclic) bond motifs is 1. The Kier molecular flexibility index (Phi) is 3.51. The van der Waals surface area contributed by atoms with E-state index in [1.54, 1.807) is 11.3 Å². The van der Waals surface area contributed by atoms with Gasteiger partial charge in [0.1, 0.15) is 9.86 Å². The van der Waals surface area contributed by atoms with Gasteiger partial charge in [0.25, 0.3) is 0 Å². The number of nitrogens with two attached hydrogens (primary N) is 1. The molecule has 0 amide bonds. The van der Waals surface area contributed by atoms with Gasteiger partial charge in [0.05, 0.1) is 0 Å². The fourth-order valence-corrected chi connectivity index (χ4v) is 3.58. The minimum atomic E-state index is 0.395. The van der Waals surface area contributed by atoms with Crippen LogP contribution in [0.25, 0.3) is 10.2 Å². The number of hydrazine groups is 1. The maximum atomic E-state index is 5.41. The summed E-state index contributed by atoms with van der Waals surface area (Å²) in [5.41, 5.74) is 4.36. The summed E-state index contributed by atoms with van der Waals surface area (Å²) in [5, 5.41) is 4.44. The van der Waals surface area contributed by atoms with Gasteiger partial charge in [-0.25, -0.2) is 25.8 Å². The number of hydrogen-bond acceptors (Lipinski definition) is 8. The summed E-state index contributed by atoms with van der Waals surface area (Å²) >= 11 is 2.96. The molecule has 6 nitrogen and oxygen atoms in total. The zero-order valence-electron chi connectivity index (χ0n) is 10.9. The normalized spacial score (nSPS) is 10.9. The van der Waals surface area contributed by atoms with Crippen LogP contribution in [0.3, 0.4) is 0 Å². The van der Waals surface area contributed by atoms with E-state index in [-0.39, 0.29) is 0 Å². The van der Waals surface area contributed by atoms with Gasteiger partial charge < -0.3 is 0 Å². The first-order valence-electron chi connectivity index (χ1n) is 5.87. The lowest BCUT2D eigenvalue weighted by atomic mass is 10.4. The standard InChI is InChI=1S/C12H12N6S2/c1-6-5-7(2)15-12(14-6)20-10-8-3-4-19-9(8)16-11(17-10)18-13/h3-5H,13H2,1-2H3,(H,16,17,18). The highest BCUT2D eigenvalue weighted by Crippen LogP contribution is 2.32. The summed E-state index contributed by atoms with van der Waals surface area (Å²) in [6.45, 7) is 3.90. The van der Waals surface area contributed by atoms with Crippen molar-refractivity contribution in [1.82, 2.24) is 19.9 Å². The van der Waals surface area contributed by atoms with Crippen LogP contribution in [0.2, 0.25) is 0 Å². The second-order valence-electron chi connectivity index (χ2n) is 4.17. The largest absolute Gasteiger partial charge is 0.292 e. The van der Waals surface area contributed by atoms with E-state index in [9.17, 15) is 0 Å². The van der Waals surface area contributed by atoms with Crippen LogP contribution in [0.5, 0.6) is 0 Å². The molecular formula is C12H12N6S2. The second kappa shape index (κ2) is 5.31. The van der Waals surface area contributed by atoms with Crippen molar-refractivity contribution in [1.29, 1.82) is 0 Å². The quantitative estimate of drug-likeness (QED) is 0.332. The van der Waals surface area contributed by atoms with Crippen LogP contribution in [-0.2, 0) is 0 Å². The fourth-order valence-electron chi connectivity index (χ4n) is 1.80. The van der Waals surface area contributed by atoms with Crippen LogP contribution in [0.4, 0.5) is 5.95 Å². The third-order valence-corrected chi connectivity index (χ3v) is 4.25. The Hall–Kier alpha value is -1.77. The Labute approximate surface area is 123 Å². The van der Waals surface area contributed by atoms with Crippen molar-refractivity contribution in [3.8, 4) is 0 Å². The van der Waals surface area contributed by atoms with Crippen LogP contribution in [0.15, 0.2) is 27.7 Å². The van der Waals surface area contributed by atoms with E-state index in [2.05, 4.69) is 25.4 Å². The molecule has 3 aromatic heterocycles. The van der Waals surface area contributed by atoms with E-state index in [4.69, 9.17) is 5.84 Å². The average molecular weight is 304 g/mol. The van der Waals surface area contributed by atoms with Gasteiger partial charge in [0.15, 0.2) is 5.16 Å². The topological polar surface area (TPSA) is 89.6 Å². The first-order chi connectivity index (χ1) is 9.65. The van der Waals surface area contributed by atoms with Crippen LogP contribution in [0.1, 0.15) is 11.4 Å². The molecule has 0 aliphatic carbocycles. The summed E-state index contributed by atoms with van der Waals surface area (Å²) in [6.07, 6.45) is 0. The molecule has 0 spiro atoms. The Morgan fingerprint density at radius 1 is 1.15 bits per heavy atom. The maximum absolute atomic E-state index is 5.41. The van der Waals surface area contributed by atoms with Crippen LogP contribution in [0, 0.1) is 13.8 Å². The van der Waals surface area contributed by atoms with E-state index in [0.717, 1.165) is 26.6 Å². The molecule has 0 aliphatic rings. The highest BCUT2D eigenvalue weighted by Gasteiger charge is 2.12. The van der Waals surface area contributed by atoms with Gasteiger partial charge in [-0.15, -0.1) is 11.3 Å². The predicted molar refractivity (Wildman–Crippen MR) is 80.9 cm³/mol. The molecule has 102 valence electrons. The number of hydrogen-bond donors (Lipinski definition) is 2. The van der Waals surface area contributed by atoms with E-state index < -0.39 is 0 Å². The first-order valence-corrected chi connectivity index (χ1v) is 7.57. The number of rotatable bonds is 3.